The quantitative estimate of drug-likeness (QED) is 0.0731. The fourth-order valence-electron chi connectivity index (χ4n) is 4.98. The molecule has 0 saturated heterocycles. The number of carboxylic acids is 3. The summed E-state index contributed by atoms with van der Waals surface area (Å²) in [5.74, 6) is -2.90. The number of phenolic OH excluding ortho intramolecular Hbond substituents is 1. The first kappa shape index (κ1) is 44.6. The number of aromatic hydroxyl groups is 1. The number of Topliss-reactive ketones (excluding diaryl/α,β-unsaturated/α-hetero) is 1. The van der Waals surface area contributed by atoms with Crippen molar-refractivity contribution < 1.29 is 74.9 Å². The van der Waals surface area contributed by atoms with Crippen molar-refractivity contribution in [1.29, 1.82) is 0 Å². The third-order valence-corrected chi connectivity index (χ3v) is 7.62. The van der Waals surface area contributed by atoms with Crippen LogP contribution in [-0.2, 0) is 43.5 Å². The molecule has 0 amide bonds. The molecule has 0 aliphatic heterocycles. The van der Waals surface area contributed by atoms with Gasteiger partial charge in [0.2, 0.25) is 0 Å². The van der Waals surface area contributed by atoms with E-state index in [1.54, 1.807) is 24.3 Å². The zero-order valence-electron chi connectivity index (χ0n) is 28.9. The molecule has 0 aromatic heterocycles. The average Bonchev–Trinajstić information content (AvgIpc) is 3.08. The molecule has 0 bridgehead atoms. The molecule has 0 spiro atoms. The number of nitrogens with one attached hydrogen (secondary N) is 2. The summed E-state index contributed by atoms with van der Waals surface area (Å²) < 4.78 is 17.9. The Morgan fingerprint density at radius 1 is 0.765 bits per heavy atom. The zero-order chi connectivity index (χ0) is 37.2. The predicted molar refractivity (Wildman–Crippen MR) is 187 cm³/mol. The van der Waals surface area contributed by atoms with Crippen LogP contribution < -0.4 is 14.2 Å². The summed E-state index contributed by atoms with van der Waals surface area (Å²) >= 11 is 0. The molecule has 1 aliphatic carbocycles. The topological polar surface area (TPSA) is 224 Å². The van der Waals surface area contributed by atoms with Crippen molar-refractivity contribution in [2.45, 2.75) is 84.2 Å². The van der Waals surface area contributed by atoms with Gasteiger partial charge in [0.15, 0.2) is 5.78 Å². The number of aryl methyl sites for hydroxylation is 1. The van der Waals surface area contributed by atoms with Gasteiger partial charge in [-0.15, -0.1) is 0 Å². The van der Waals surface area contributed by atoms with Crippen molar-refractivity contribution in [3.05, 3.63) is 88.3 Å². The third kappa shape index (κ3) is 14.7. The second-order valence-electron chi connectivity index (χ2n) is 11.4. The Bertz CT molecular complexity index is 1580. The number of phenols is 1. The van der Waals surface area contributed by atoms with Gasteiger partial charge in [0.1, 0.15) is 34.3 Å². The summed E-state index contributed by atoms with van der Waals surface area (Å²) in [6, 6.07) is 15.0. The summed E-state index contributed by atoms with van der Waals surface area (Å²) in [6.07, 6.45) is 7.08. The Hall–Kier alpha value is -4.45. The van der Waals surface area contributed by atoms with Crippen LogP contribution in [0.25, 0.3) is 11.5 Å². The van der Waals surface area contributed by atoms with Crippen LogP contribution in [0.4, 0.5) is 0 Å². The Morgan fingerprint density at radius 2 is 1.31 bits per heavy atom. The van der Waals surface area contributed by atoms with Gasteiger partial charge in [-0.3, -0.25) is 4.79 Å². The number of ether oxygens (including phenoxy) is 3. The molecule has 1 fully saturated rings. The number of aromatic carboxylic acids is 1. The fourth-order valence-corrected chi connectivity index (χ4v) is 4.98. The molecule has 6 N–H and O–H groups in total. The van der Waals surface area contributed by atoms with Crippen LogP contribution in [0.15, 0.2) is 54.6 Å². The number of hydrogen-bond acceptors (Lipinski definition) is 8. The molecule has 13 nitrogen and oxygen atoms in total. The van der Waals surface area contributed by atoms with Crippen molar-refractivity contribution in [1.82, 2.24) is 0 Å². The molecule has 1 aliphatic rings. The van der Waals surface area contributed by atoms with E-state index in [9.17, 15) is 19.8 Å². The molecular weight excluding hydrogens is 843 g/mol. The third-order valence-electron chi connectivity index (χ3n) is 7.62. The van der Waals surface area contributed by atoms with Gasteiger partial charge in [-0.05, 0) is 55.7 Å². The van der Waals surface area contributed by atoms with Crippen molar-refractivity contribution in [3.8, 4) is 28.7 Å². The maximum Gasteiger partial charge on any atom is 2.00 e. The number of hydrogen-bond donors (Lipinski definition) is 4. The second-order valence-corrected chi connectivity index (χ2v) is 11.4. The first-order valence-electron chi connectivity index (χ1n) is 16.4. The van der Waals surface area contributed by atoms with E-state index in [-0.39, 0.29) is 56.0 Å². The molecule has 0 unspecified atom stereocenters. The maximum absolute atomic E-state index is 11.7. The van der Waals surface area contributed by atoms with Crippen molar-refractivity contribution in [2.75, 3.05) is 13.2 Å². The van der Waals surface area contributed by atoms with Gasteiger partial charge in [-0.2, -0.15) is 12.1 Å². The Balaban J connectivity index is 0.000000722. The van der Waals surface area contributed by atoms with Gasteiger partial charge in [-0.1, -0.05) is 64.2 Å². The van der Waals surface area contributed by atoms with Crippen molar-refractivity contribution >= 4 is 23.7 Å². The summed E-state index contributed by atoms with van der Waals surface area (Å²) in [5.41, 5.74) is 16.7. The number of carboxylic acid groups (broad SMARTS) is 3. The van der Waals surface area contributed by atoms with E-state index in [2.05, 4.69) is 6.92 Å². The number of para-hydroxylation sites is 1. The molecule has 2 atom stereocenters. The van der Waals surface area contributed by atoms with E-state index in [4.69, 9.17) is 45.5 Å². The number of aliphatic carboxylic acids is 2. The standard InChI is InChI=1S/C29H32O7.C6H12N2.C2H2O4.Pt/c1-4-10-21-25(13-8-14-26(21)36-27-12-7-6-11-22(27)29(32)33)34-15-9-16-35-28-18-24(31)23(19(3)30)17-20(28)5-2;7-5-3-1-2-4-6(5)8;3-1(4)2(5)6;/h6-8,11-14,17-18,31H,4-5,9-10,15-16H2,1-3H3,(H,32,33);5-8H,1-4H2;(H,3,4)(H,5,6);/q;-2;;+2/t;5-,6-;;/m.1../s1. The van der Waals surface area contributed by atoms with E-state index in [1.807, 2.05) is 25.1 Å². The molecule has 0 radical (unpaired) electrons. The number of rotatable bonds is 13. The molecular formula is C37H46N2O11Pt. The number of carbonyl (C=O) groups excluding carboxylic acids is 1. The van der Waals surface area contributed by atoms with Gasteiger partial charge < -0.3 is 46.1 Å². The maximum atomic E-state index is 11.7. The monoisotopic (exact) mass is 889 g/mol. The summed E-state index contributed by atoms with van der Waals surface area (Å²) in [5, 5.41) is 34.4. The summed E-state index contributed by atoms with van der Waals surface area (Å²) in [6.45, 7) is 6.20. The second kappa shape index (κ2) is 23.1. The van der Waals surface area contributed by atoms with Crippen LogP contribution in [0.1, 0.15) is 91.1 Å². The van der Waals surface area contributed by atoms with Gasteiger partial charge in [0, 0.05) is 18.1 Å². The van der Waals surface area contributed by atoms with E-state index in [0.717, 1.165) is 30.4 Å². The number of benzene rings is 3. The average molecular weight is 890 g/mol. The van der Waals surface area contributed by atoms with E-state index in [1.165, 1.54) is 31.9 Å². The fraction of sp³-hybridized carbons (Fsp3) is 0.405. The summed E-state index contributed by atoms with van der Waals surface area (Å²) in [7, 11) is 0. The van der Waals surface area contributed by atoms with Crippen LogP contribution in [0.5, 0.6) is 28.7 Å². The number of ketones is 1. The molecule has 1 saturated carbocycles. The summed E-state index contributed by atoms with van der Waals surface area (Å²) in [4.78, 5) is 41.4. The van der Waals surface area contributed by atoms with E-state index < -0.39 is 17.9 Å². The van der Waals surface area contributed by atoms with Crippen LogP contribution >= 0.6 is 0 Å². The number of carbonyl (C=O) groups is 4. The first-order valence-corrected chi connectivity index (χ1v) is 16.4. The van der Waals surface area contributed by atoms with Crippen molar-refractivity contribution in [3.63, 3.8) is 0 Å². The van der Waals surface area contributed by atoms with Crippen LogP contribution in [0.2, 0.25) is 0 Å². The van der Waals surface area contributed by atoms with Gasteiger partial charge in [0.25, 0.3) is 0 Å². The molecule has 0 heterocycles. The molecule has 14 heteroatoms. The Morgan fingerprint density at radius 3 is 1.82 bits per heavy atom. The minimum absolute atomic E-state index is 0. The minimum atomic E-state index is -1.82. The van der Waals surface area contributed by atoms with Gasteiger partial charge in [-0.25, -0.2) is 14.4 Å². The van der Waals surface area contributed by atoms with Crippen LogP contribution in [0, 0.1) is 0 Å². The normalized spacial score (nSPS) is 14.6. The minimum Gasteiger partial charge on any atom is -0.676 e. The van der Waals surface area contributed by atoms with E-state index in [0.29, 0.717) is 55.3 Å². The van der Waals surface area contributed by atoms with Gasteiger partial charge >= 0.3 is 39.0 Å². The molecule has 4 rings (SSSR count). The molecule has 51 heavy (non-hydrogen) atoms. The predicted octanol–water partition coefficient (Wildman–Crippen LogP) is 8.00. The first-order chi connectivity index (χ1) is 23.8. The van der Waals surface area contributed by atoms with Crippen LogP contribution in [0.3, 0.4) is 0 Å². The molecule has 3 aromatic carbocycles. The Kier molecular flexibility index (Phi) is 20.2. The SMILES string of the molecule is CCCc1c(OCCCOc2cc(O)c(C(C)=O)cc2CC)cccc1Oc1ccccc1C(=O)O.O=C(O)C(=O)O.[NH-][C@@H]1CCCC[C@H]1[NH-].[Pt+2]. The van der Waals surface area contributed by atoms with Crippen LogP contribution in [-0.4, -0.2) is 69.4 Å². The largest absolute Gasteiger partial charge is 2.00 e. The molecule has 3 aromatic rings. The van der Waals surface area contributed by atoms with Gasteiger partial charge in [0.05, 0.1) is 18.8 Å². The Labute approximate surface area is 312 Å². The van der Waals surface area contributed by atoms with Crippen molar-refractivity contribution in [2.24, 2.45) is 0 Å². The van der Waals surface area contributed by atoms with E-state index >= 15 is 0 Å². The smallest absolute Gasteiger partial charge is 0.676 e. The zero-order valence-corrected chi connectivity index (χ0v) is 31.2. The molecule has 280 valence electrons.